The van der Waals surface area contributed by atoms with Gasteiger partial charge >= 0.3 is 0 Å². The molecular weight excluding hydrogens is 309 g/mol. The van der Waals surface area contributed by atoms with E-state index in [0.717, 1.165) is 0 Å². The highest BCUT2D eigenvalue weighted by atomic mass is 35.5. The summed E-state index contributed by atoms with van der Waals surface area (Å²) in [5.74, 6) is -0.145. The van der Waals surface area contributed by atoms with Crippen LogP contribution in [0.3, 0.4) is 0 Å². The minimum atomic E-state index is -3.43. The lowest BCUT2D eigenvalue weighted by molar-refractivity contribution is 0.279. The number of aliphatic hydroxyl groups excluding tert-OH is 1. The molecule has 0 spiro atoms. The van der Waals surface area contributed by atoms with E-state index in [4.69, 9.17) is 28.3 Å². The third-order valence-corrected chi connectivity index (χ3v) is 4.73. The molecule has 1 rings (SSSR count). The van der Waals surface area contributed by atoms with Gasteiger partial charge in [-0.25, -0.2) is 13.1 Å². The van der Waals surface area contributed by atoms with E-state index >= 15 is 0 Å². The molecule has 7 heteroatoms. The molecule has 0 amide bonds. The Labute approximate surface area is 123 Å². The van der Waals surface area contributed by atoms with Crippen LogP contribution in [-0.4, -0.2) is 26.2 Å². The van der Waals surface area contributed by atoms with E-state index in [1.54, 1.807) is 25.1 Å². The molecule has 0 aliphatic carbocycles. The molecule has 0 saturated heterocycles. The second kappa shape index (κ2) is 7.45. The molecule has 0 aliphatic heterocycles. The maximum absolute atomic E-state index is 11.9. The quantitative estimate of drug-likeness (QED) is 0.809. The summed E-state index contributed by atoms with van der Waals surface area (Å²) in [5, 5.41) is 9.43. The number of aliphatic hydroxyl groups is 1. The van der Waals surface area contributed by atoms with E-state index in [2.05, 4.69) is 4.72 Å². The molecule has 0 saturated carbocycles. The first-order chi connectivity index (χ1) is 8.84. The van der Waals surface area contributed by atoms with Crippen molar-refractivity contribution >= 4 is 33.2 Å². The highest BCUT2D eigenvalue weighted by molar-refractivity contribution is 7.88. The van der Waals surface area contributed by atoms with Crippen molar-refractivity contribution in [3.63, 3.8) is 0 Å². The molecule has 0 aliphatic rings. The van der Waals surface area contributed by atoms with Crippen LogP contribution in [-0.2, 0) is 15.8 Å². The predicted molar refractivity (Wildman–Crippen MR) is 78.0 cm³/mol. The number of sulfonamides is 1. The average Bonchev–Trinajstić information content (AvgIpc) is 2.30. The highest BCUT2D eigenvalue weighted by Gasteiger charge is 2.15. The Kier molecular flexibility index (Phi) is 6.56. The van der Waals surface area contributed by atoms with Crippen LogP contribution < -0.4 is 4.72 Å². The van der Waals surface area contributed by atoms with Crippen molar-refractivity contribution in [3.8, 4) is 0 Å². The van der Waals surface area contributed by atoms with Gasteiger partial charge in [0.1, 0.15) is 0 Å². The molecule has 2 N–H and O–H groups in total. The van der Waals surface area contributed by atoms with Gasteiger partial charge in [0.15, 0.2) is 0 Å². The largest absolute Gasteiger partial charge is 0.396 e. The molecule has 0 fully saturated rings. The maximum atomic E-state index is 11.9. The van der Waals surface area contributed by atoms with Gasteiger partial charge in [0.05, 0.1) is 15.8 Å². The summed E-state index contributed by atoms with van der Waals surface area (Å²) in [6.45, 7) is 1.82. The van der Waals surface area contributed by atoms with Gasteiger partial charge in [-0.2, -0.15) is 0 Å². The Morgan fingerprint density at radius 1 is 1.32 bits per heavy atom. The number of hydrogen-bond acceptors (Lipinski definition) is 3. The fraction of sp³-hybridized carbons (Fsp3) is 0.500. The first kappa shape index (κ1) is 16.7. The molecule has 0 radical (unpaired) electrons. The van der Waals surface area contributed by atoms with Crippen molar-refractivity contribution in [1.82, 2.24) is 4.72 Å². The minimum absolute atomic E-state index is 0.0544. The van der Waals surface area contributed by atoms with Gasteiger partial charge in [-0.3, -0.25) is 0 Å². The van der Waals surface area contributed by atoms with Crippen LogP contribution in [0.5, 0.6) is 0 Å². The van der Waals surface area contributed by atoms with Crippen LogP contribution in [0.4, 0.5) is 0 Å². The van der Waals surface area contributed by atoms with Gasteiger partial charge in [-0.15, -0.1) is 0 Å². The lowest BCUT2D eigenvalue weighted by atomic mass is 10.2. The fourth-order valence-corrected chi connectivity index (χ4v) is 3.41. The smallest absolute Gasteiger partial charge is 0.216 e. The molecular formula is C12H17Cl2NO3S. The van der Waals surface area contributed by atoms with Crippen LogP contribution >= 0.6 is 23.2 Å². The van der Waals surface area contributed by atoms with Crippen LogP contribution in [0, 0.1) is 0 Å². The van der Waals surface area contributed by atoms with Crippen LogP contribution in [0.1, 0.15) is 25.3 Å². The number of nitrogens with one attached hydrogen (secondary N) is 1. The van der Waals surface area contributed by atoms with E-state index < -0.39 is 10.0 Å². The molecule has 4 nitrogen and oxygen atoms in total. The summed E-state index contributed by atoms with van der Waals surface area (Å²) in [7, 11) is -3.43. The Hall–Kier alpha value is -0.330. The number of hydrogen-bond donors (Lipinski definition) is 2. The number of benzene rings is 1. The van der Waals surface area contributed by atoms with E-state index in [-0.39, 0.29) is 18.4 Å². The number of rotatable bonds is 7. The molecule has 0 aromatic heterocycles. The summed E-state index contributed by atoms with van der Waals surface area (Å²) < 4.78 is 26.4. The molecule has 1 atom stereocenters. The fourth-order valence-electron chi connectivity index (χ4n) is 1.65. The van der Waals surface area contributed by atoms with Gasteiger partial charge in [0.2, 0.25) is 10.0 Å². The van der Waals surface area contributed by atoms with Crippen molar-refractivity contribution < 1.29 is 13.5 Å². The van der Waals surface area contributed by atoms with E-state index in [9.17, 15) is 8.42 Å². The summed E-state index contributed by atoms with van der Waals surface area (Å²) in [6.07, 6.45) is 1.16. The van der Waals surface area contributed by atoms with Gasteiger partial charge in [-0.05, 0) is 37.5 Å². The molecule has 1 aromatic rings. The summed E-state index contributed by atoms with van der Waals surface area (Å²) in [4.78, 5) is 0. The first-order valence-electron chi connectivity index (χ1n) is 5.89. The van der Waals surface area contributed by atoms with E-state index in [1.807, 2.05) is 0 Å². The summed E-state index contributed by atoms with van der Waals surface area (Å²) in [6, 6.07) is 4.54. The Bertz CT molecular complexity index is 520. The standard InChI is InChI=1S/C12H17Cl2NO3S/c1-9(3-2-6-16)15-19(17,18)8-10-4-5-11(13)12(14)7-10/h4-5,7,9,15-16H,2-3,6,8H2,1H3. The molecule has 0 heterocycles. The Balaban J connectivity index is 2.66. The Morgan fingerprint density at radius 2 is 2.00 bits per heavy atom. The molecule has 0 bridgehead atoms. The molecule has 1 aromatic carbocycles. The molecule has 19 heavy (non-hydrogen) atoms. The first-order valence-corrected chi connectivity index (χ1v) is 8.29. The van der Waals surface area contributed by atoms with Crippen molar-refractivity contribution in [2.75, 3.05) is 6.61 Å². The van der Waals surface area contributed by atoms with Crippen LogP contribution in [0.15, 0.2) is 18.2 Å². The normalized spacial score (nSPS) is 13.5. The Morgan fingerprint density at radius 3 is 2.58 bits per heavy atom. The zero-order valence-corrected chi connectivity index (χ0v) is 12.9. The van der Waals surface area contributed by atoms with Gasteiger partial charge in [-0.1, -0.05) is 29.3 Å². The monoisotopic (exact) mass is 325 g/mol. The minimum Gasteiger partial charge on any atom is -0.396 e. The van der Waals surface area contributed by atoms with E-state index in [0.29, 0.717) is 28.5 Å². The van der Waals surface area contributed by atoms with Crippen LogP contribution in [0.25, 0.3) is 0 Å². The third kappa shape index (κ3) is 6.10. The van der Waals surface area contributed by atoms with Crippen molar-refractivity contribution in [1.29, 1.82) is 0 Å². The lowest BCUT2D eigenvalue weighted by Gasteiger charge is -2.13. The lowest BCUT2D eigenvalue weighted by Crippen LogP contribution is -2.33. The second-order valence-electron chi connectivity index (χ2n) is 4.39. The zero-order chi connectivity index (χ0) is 14.5. The second-order valence-corrected chi connectivity index (χ2v) is 6.96. The SMILES string of the molecule is CC(CCCO)NS(=O)(=O)Cc1ccc(Cl)c(Cl)c1. The summed E-state index contributed by atoms with van der Waals surface area (Å²) >= 11 is 11.6. The highest BCUT2D eigenvalue weighted by Crippen LogP contribution is 2.23. The van der Waals surface area contributed by atoms with Gasteiger partial charge in [0, 0.05) is 12.6 Å². The topological polar surface area (TPSA) is 66.4 Å². The molecule has 1 unspecified atom stereocenters. The average molecular weight is 326 g/mol. The summed E-state index contributed by atoms with van der Waals surface area (Å²) in [5.41, 5.74) is 0.580. The van der Waals surface area contributed by atoms with Gasteiger partial charge < -0.3 is 5.11 Å². The zero-order valence-electron chi connectivity index (χ0n) is 10.6. The van der Waals surface area contributed by atoms with Crippen molar-refractivity contribution in [3.05, 3.63) is 33.8 Å². The van der Waals surface area contributed by atoms with E-state index in [1.165, 1.54) is 0 Å². The third-order valence-electron chi connectivity index (χ3n) is 2.52. The predicted octanol–water partition coefficient (Wildman–Crippen LogP) is 2.57. The maximum Gasteiger partial charge on any atom is 0.216 e. The van der Waals surface area contributed by atoms with Crippen molar-refractivity contribution in [2.24, 2.45) is 0 Å². The van der Waals surface area contributed by atoms with Gasteiger partial charge in [0.25, 0.3) is 0 Å². The van der Waals surface area contributed by atoms with Crippen molar-refractivity contribution in [2.45, 2.75) is 31.6 Å². The number of halogens is 2. The van der Waals surface area contributed by atoms with Crippen LogP contribution in [0.2, 0.25) is 10.0 Å². The molecule has 108 valence electrons.